The zero-order chi connectivity index (χ0) is 22.5. The fourth-order valence-electron chi connectivity index (χ4n) is 3.22. The first-order valence-corrected chi connectivity index (χ1v) is 10.0. The summed E-state index contributed by atoms with van der Waals surface area (Å²) in [7, 11) is 1.60. The molecular formula is C26H23N3O3. The SMILES string of the molecule is C=C(Nc1ccc(C)c(-c2ccc(C(=O)Nc3ccc(OC)cc3)cn2)c1)c1ccoc1. The molecule has 4 aromatic rings. The number of carbonyl (C=O) groups excluding carboxylic acids is 1. The maximum Gasteiger partial charge on any atom is 0.257 e. The molecule has 2 aromatic carbocycles. The number of ether oxygens (including phenoxy) is 1. The summed E-state index contributed by atoms with van der Waals surface area (Å²) in [5, 5.41) is 6.15. The third kappa shape index (κ3) is 4.70. The lowest BCUT2D eigenvalue weighted by molar-refractivity contribution is 0.102. The molecule has 0 spiro atoms. The van der Waals surface area contributed by atoms with Gasteiger partial charge in [-0.2, -0.15) is 0 Å². The predicted molar refractivity (Wildman–Crippen MR) is 127 cm³/mol. The molecule has 32 heavy (non-hydrogen) atoms. The Labute approximate surface area is 186 Å². The lowest BCUT2D eigenvalue weighted by Crippen LogP contribution is -2.12. The molecule has 4 rings (SSSR count). The van der Waals surface area contributed by atoms with Crippen molar-refractivity contribution in [3.05, 3.63) is 103 Å². The summed E-state index contributed by atoms with van der Waals surface area (Å²) in [4.78, 5) is 17.1. The summed E-state index contributed by atoms with van der Waals surface area (Å²) in [6, 6.07) is 18.7. The zero-order valence-corrected chi connectivity index (χ0v) is 17.9. The lowest BCUT2D eigenvalue weighted by atomic mass is 10.0. The standard InChI is InChI=1S/C26H23N3O3/c1-17-4-6-22(28-18(2)20-12-13-32-16-20)14-24(17)25-11-5-19(15-27-25)26(30)29-21-7-9-23(31-3)10-8-21/h4-16,28H,2H2,1,3H3,(H,29,30). The molecule has 0 aliphatic rings. The van der Waals surface area contributed by atoms with Crippen molar-refractivity contribution in [2.45, 2.75) is 6.92 Å². The molecule has 0 unspecified atom stereocenters. The van der Waals surface area contributed by atoms with E-state index in [0.717, 1.165) is 39.5 Å². The van der Waals surface area contributed by atoms with Crippen molar-refractivity contribution in [1.29, 1.82) is 0 Å². The van der Waals surface area contributed by atoms with E-state index in [0.29, 0.717) is 11.3 Å². The number of aryl methyl sites for hydroxylation is 1. The van der Waals surface area contributed by atoms with Crippen LogP contribution >= 0.6 is 0 Å². The molecule has 0 aliphatic carbocycles. The molecule has 0 aliphatic heterocycles. The number of methoxy groups -OCH3 is 1. The van der Waals surface area contributed by atoms with E-state index in [4.69, 9.17) is 9.15 Å². The van der Waals surface area contributed by atoms with E-state index < -0.39 is 0 Å². The molecule has 2 heterocycles. The van der Waals surface area contributed by atoms with Crippen molar-refractivity contribution in [2.75, 3.05) is 17.7 Å². The molecule has 0 saturated carbocycles. The first kappa shape index (κ1) is 20.9. The summed E-state index contributed by atoms with van der Waals surface area (Å²) in [5.41, 5.74) is 6.51. The Kier molecular flexibility index (Phi) is 6.03. The highest BCUT2D eigenvalue weighted by molar-refractivity contribution is 6.04. The van der Waals surface area contributed by atoms with Crippen LogP contribution in [-0.4, -0.2) is 18.0 Å². The highest BCUT2D eigenvalue weighted by atomic mass is 16.5. The van der Waals surface area contributed by atoms with E-state index in [1.807, 2.05) is 37.3 Å². The number of aromatic nitrogens is 1. The van der Waals surface area contributed by atoms with Crippen molar-refractivity contribution in [1.82, 2.24) is 4.98 Å². The van der Waals surface area contributed by atoms with Crippen LogP contribution in [0.2, 0.25) is 0 Å². The fraction of sp³-hybridized carbons (Fsp3) is 0.0769. The van der Waals surface area contributed by atoms with Gasteiger partial charge in [-0.05, 0) is 67.1 Å². The van der Waals surface area contributed by atoms with E-state index in [1.54, 1.807) is 56.2 Å². The van der Waals surface area contributed by atoms with Gasteiger partial charge < -0.3 is 19.8 Å². The second-order valence-electron chi connectivity index (χ2n) is 7.26. The Morgan fingerprint density at radius 3 is 2.41 bits per heavy atom. The Morgan fingerprint density at radius 1 is 0.969 bits per heavy atom. The van der Waals surface area contributed by atoms with Gasteiger partial charge in [0, 0.05) is 34.4 Å². The molecular weight excluding hydrogens is 402 g/mol. The van der Waals surface area contributed by atoms with E-state index in [9.17, 15) is 4.79 Å². The minimum atomic E-state index is -0.224. The van der Waals surface area contributed by atoms with Crippen molar-refractivity contribution in [3.63, 3.8) is 0 Å². The molecule has 0 radical (unpaired) electrons. The number of nitrogens with zero attached hydrogens (tertiary/aromatic N) is 1. The molecule has 0 bridgehead atoms. The summed E-state index contributed by atoms with van der Waals surface area (Å²) >= 11 is 0. The van der Waals surface area contributed by atoms with E-state index in [2.05, 4.69) is 22.2 Å². The molecule has 0 saturated heterocycles. The fourth-order valence-corrected chi connectivity index (χ4v) is 3.22. The number of hydrogen-bond acceptors (Lipinski definition) is 5. The van der Waals surface area contributed by atoms with Crippen LogP contribution in [0.3, 0.4) is 0 Å². The van der Waals surface area contributed by atoms with Crippen molar-refractivity contribution in [2.24, 2.45) is 0 Å². The van der Waals surface area contributed by atoms with Gasteiger partial charge in [0.15, 0.2) is 0 Å². The third-order valence-corrected chi connectivity index (χ3v) is 5.05. The first-order valence-electron chi connectivity index (χ1n) is 10.0. The largest absolute Gasteiger partial charge is 0.497 e. The van der Waals surface area contributed by atoms with Crippen molar-refractivity contribution in [3.8, 4) is 17.0 Å². The maximum atomic E-state index is 12.6. The monoisotopic (exact) mass is 425 g/mol. The van der Waals surface area contributed by atoms with Gasteiger partial charge in [0.1, 0.15) is 5.75 Å². The maximum absolute atomic E-state index is 12.6. The van der Waals surface area contributed by atoms with Crippen LogP contribution in [0.5, 0.6) is 5.75 Å². The third-order valence-electron chi connectivity index (χ3n) is 5.05. The van der Waals surface area contributed by atoms with Crippen LogP contribution < -0.4 is 15.4 Å². The van der Waals surface area contributed by atoms with Gasteiger partial charge in [-0.3, -0.25) is 9.78 Å². The molecule has 0 fully saturated rings. The molecule has 1 amide bonds. The van der Waals surface area contributed by atoms with E-state index >= 15 is 0 Å². The summed E-state index contributed by atoms with van der Waals surface area (Å²) < 4.78 is 10.3. The molecule has 6 heteroatoms. The minimum absolute atomic E-state index is 0.224. The Bertz CT molecular complexity index is 1230. The van der Waals surface area contributed by atoms with Gasteiger partial charge in [0.25, 0.3) is 5.91 Å². The van der Waals surface area contributed by atoms with Crippen LogP contribution in [0.1, 0.15) is 21.5 Å². The Hall–Kier alpha value is -4.32. The normalized spacial score (nSPS) is 10.4. The van der Waals surface area contributed by atoms with E-state index in [-0.39, 0.29) is 5.91 Å². The molecule has 2 aromatic heterocycles. The van der Waals surface area contributed by atoms with Gasteiger partial charge in [0.05, 0.1) is 30.9 Å². The highest BCUT2D eigenvalue weighted by Crippen LogP contribution is 2.27. The number of nitrogens with one attached hydrogen (secondary N) is 2. The Morgan fingerprint density at radius 2 is 1.75 bits per heavy atom. The predicted octanol–water partition coefficient (Wildman–Crippen LogP) is 5.99. The van der Waals surface area contributed by atoms with Gasteiger partial charge in [-0.25, -0.2) is 0 Å². The van der Waals surface area contributed by atoms with Crippen LogP contribution in [0.25, 0.3) is 17.0 Å². The minimum Gasteiger partial charge on any atom is -0.497 e. The lowest BCUT2D eigenvalue weighted by Gasteiger charge is -2.12. The zero-order valence-electron chi connectivity index (χ0n) is 17.9. The number of hydrogen-bond donors (Lipinski definition) is 2. The number of carbonyl (C=O) groups is 1. The average Bonchev–Trinajstić information content (AvgIpc) is 3.36. The molecule has 2 N–H and O–H groups in total. The van der Waals surface area contributed by atoms with Gasteiger partial charge in [0.2, 0.25) is 0 Å². The van der Waals surface area contributed by atoms with Crippen molar-refractivity contribution >= 4 is 23.0 Å². The number of pyridine rings is 1. The topological polar surface area (TPSA) is 76.4 Å². The average molecular weight is 425 g/mol. The quantitative estimate of drug-likeness (QED) is 0.380. The second-order valence-corrected chi connectivity index (χ2v) is 7.26. The van der Waals surface area contributed by atoms with Crippen LogP contribution in [0.15, 0.2) is 90.4 Å². The highest BCUT2D eigenvalue weighted by Gasteiger charge is 2.10. The van der Waals surface area contributed by atoms with Crippen LogP contribution in [-0.2, 0) is 0 Å². The molecule has 6 nitrogen and oxygen atoms in total. The second kappa shape index (κ2) is 9.22. The van der Waals surface area contributed by atoms with Gasteiger partial charge in [-0.15, -0.1) is 0 Å². The summed E-state index contributed by atoms with van der Waals surface area (Å²) in [5.74, 6) is 0.507. The smallest absolute Gasteiger partial charge is 0.257 e. The van der Waals surface area contributed by atoms with Gasteiger partial charge in [-0.1, -0.05) is 12.6 Å². The van der Waals surface area contributed by atoms with Crippen LogP contribution in [0, 0.1) is 6.92 Å². The number of rotatable bonds is 7. The molecule has 160 valence electrons. The van der Waals surface area contributed by atoms with Gasteiger partial charge >= 0.3 is 0 Å². The first-order chi connectivity index (χ1) is 15.5. The summed E-state index contributed by atoms with van der Waals surface area (Å²) in [6.07, 6.45) is 4.83. The van der Waals surface area contributed by atoms with E-state index in [1.165, 1.54) is 0 Å². The Balaban J connectivity index is 1.49. The summed E-state index contributed by atoms with van der Waals surface area (Å²) in [6.45, 7) is 6.08. The number of furan rings is 1. The number of amides is 1. The van der Waals surface area contributed by atoms with Crippen LogP contribution in [0.4, 0.5) is 11.4 Å². The molecule has 0 atom stereocenters. The van der Waals surface area contributed by atoms with Crippen molar-refractivity contribution < 1.29 is 13.9 Å². The number of benzene rings is 2. The number of anilines is 2.